The molecular weight excluding hydrogens is 447 g/mol. The normalized spacial score (nSPS) is 20.3. The minimum Gasteiger partial charge on any atom is -0.478 e. The van der Waals surface area contributed by atoms with Crippen LogP contribution in [-0.4, -0.2) is 34.8 Å². The Bertz CT molecular complexity index is 916. The first-order chi connectivity index (χ1) is 13.1. The molecule has 1 aliphatic rings. The van der Waals surface area contributed by atoms with Crippen molar-refractivity contribution in [3.8, 4) is 0 Å². The van der Waals surface area contributed by atoms with Crippen LogP contribution in [0.4, 0.5) is 13.2 Å². The summed E-state index contributed by atoms with van der Waals surface area (Å²) in [6.45, 7) is 1.40. The van der Waals surface area contributed by atoms with E-state index in [0.717, 1.165) is 0 Å². The Kier molecular flexibility index (Phi) is 5.69. The molecule has 0 atom stereocenters. The fourth-order valence-corrected chi connectivity index (χ4v) is 4.16. The predicted molar refractivity (Wildman–Crippen MR) is 95.1 cm³/mol. The standard InChI is InChI=1S/C18H17BrF3NO5/c1-8-13(16(24)25)11(19)6-12-14(8)23-15(28-12)10-4-2-9(3-5-10)7-27-17(26)18(20,21)22/h6,9-10H,2-5,7H2,1H3,(H,24,25)/t9-,10-. The molecule has 0 bridgehead atoms. The molecule has 2 aromatic rings. The number of carbonyl (C=O) groups excluding carboxylic acids is 1. The number of fused-ring (bicyclic) bond motifs is 1. The molecule has 0 amide bonds. The highest BCUT2D eigenvalue weighted by molar-refractivity contribution is 9.10. The van der Waals surface area contributed by atoms with E-state index in [-0.39, 0.29) is 24.0 Å². The number of rotatable bonds is 4. The summed E-state index contributed by atoms with van der Waals surface area (Å²) in [7, 11) is 0. The van der Waals surface area contributed by atoms with Crippen LogP contribution in [0.3, 0.4) is 0 Å². The van der Waals surface area contributed by atoms with E-state index in [1.807, 2.05) is 0 Å². The number of carboxylic acid groups (broad SMARTS) is 1. The van der Waals surface area contributed by atoms with E-state index in [9.17, 15) is 27.9 Å². The lowest BCUT2D eigenvalue weighted by atomic mass is 9.82. The first-order valence-corrected chi connectivity index (χ1v) is 9.44. The molecule has 6 nitrogen and oxygen atoms in total. The van der Waals surface area contributed by atoms with Crippen molar-refractivity contribution in [3.05, 3.63) is 27.6 Å². The molecule has 1 N–H and O–H groups in total. The number of carbonyl (C=O) groups is 2. The number of oxazole rings is 1. The van der Waals surface area contributed by atoms with Gasteiger partial charge >= 0.3 is 18.1 Å². The third-order valence-electron chi connectivity index (χ3n) is 4.99. The van der Waals surface area contributed by atoms with Gasteiger partial charge in [-0.1, -0.05) is 0 Å². The van der Waals surface area contributed by atoms with E-state index in [0.29, 0.717) is 52.7 Å². The number of aromatic nitrogens is 1. The minimum absolute atomic E-state index is 0.0200. The molecule has 1 saturated carbocycles. The second-order valence-electron chi connectivity index (χ2n) is 6.88. The first kappa shape index (κ1) is 20.6. The zero-order chi connectivity index (χ0) is 20.6. The molecule has 1 aliphatic carbocycles. The van der Waals surface area contributed by atoms with Gasteiger partial charge in [-0.2, -0.15) is 13.2 Å². The number of aromatic carboxylic acids is 1. The van der Waals surface area contributed by atoms with Gasteiger partial charge in [0, 0.05) is 10.4 Å². The lowest BCUT2D eigenvalue weighted by Crippen LogP contribution is -2.28. The summed E-state index contributed by atoms with van der Waals surface area (Å²) in [5, 5.41) is 9.34. The number of nitrogens with zero attached hydrogens (tertiary/aromatic N) is 1. The highest BCUT2D eigenvalue weighted by Crippen LogP contribution is 2.38. The van der Waals surface area contributed by atoms with Crippen LogP contribution in [-0.2, 0) is 9.53 Å². The molecule has 1 aromatic heterocycles. The Morgan fingerprint density at radius 1 is 1.32 bits per heavy atom. The van der Waals surface area contributed by atoms with Gasteiger partial charge in [0.05, 0.1) is 12.2 Å². The molecule has 152 valence electrons. The Labute approximate surface area is 166 Å². The van der Waals surface area contributed by atoms with Crippen molar-refractivity contribution in [1.29, 1.82) is 0 Å². The predicted octanol–water partition coefficient (Wildman–Crippen LogP) is 4.98. The fraction of sp³-hybridized carbons (Fsp3) is 0.500. The first-order valence-electron chi connectivity index (χ1n) is 8.64. The summed E-state index contributed by atoms with van der Waals surface area (Å²) in [4.78, 5) is 26.7. The fourth-order valence-electron chi connectivity index (χ4n) is 3.49. The van der Waals surface area contributed by atoms with Gasteiger partial charge in [-0.05, 0) is 66.1 Å². The maximum absolute atomic E-state index is 12.2. The van der Waals surface area contributed by atoms with Crippen LogP contribution in [0.5, 0.6) is 0 Å². The Morgan fingerprint density at radius 3 is 2.54 bits per heavy atom. The highest BCUT2D eigenvalue weighted by Gasteiger charge is 2.41. The lowest BCUT2D eigenvalue weighted by Gasteiger charge is -2.26. The van der Waals surface area contributed by atoms with Gasteiger partial charge in [-0.15, -0.1) is 0 Å². The molecule has 28 heavy (non-hydrogen) atoms. The number of aryl methyl sites for hydroxylation is 1. The van der Waals surface area contributed by atoms with Crippen LogP contribution < -0.4 is 0 Å². The SMILES string of the molecule is Cc1c(C(=O)O)c(Br)cc2oc([C@H]3CC[C@H](COC(=O)C(F)(F)F)CC3)nc12. The molecule has 1 aromatic carbocycles. The van der Waals surface area contributed by atoms with Gasteiger partial charge in [0.2, 0.25) is 0 Å². The number of esters is 1. The van der Waals surface area contributed by atoms with Crippen LogP contribution in [0.1, 0.15) is 53.4 Å². The molecule has 10 heteroatoms. The van der Waals surface area contributed by atoms with Gasteiger partial charge < -0.3 is 14.3 Å². The maximum Gasteiger partial charge on any atom is 0.490 e. The van der Waals surface area contributed by atoms with Crippen molar-refractivity contribution in [2.45, 2.75) is 44.7 Å². The maximum atomic E-state index is 12.2. The summed E-state index contributed by atoms with van der Waals surface area (Å²) in [6, 6.07) is 1.57. The molecule has 1 fully saturated rings. The van der Waals surface area contributed by atoms with E-state index in [4.69, 9.17) is 4.42 Å². The van der Waals surface area contributed by atoms with Crippen molar-refractivity contribution in [1.82, 2.24) is 4.98 Å². The van der Waals surface area contributed by atoms with E-state index in [2.05, 4.69) is 25.7 Å². The molecule has 0 saturated heterocycles. The third-order valence-corrected chi connectivity index (χ3v) is 5.61. The van der Waals surface area contributed by atoms with Gasteiger partial charge in [-0.3, -0.25) is 0 Å². The second kappa shape index (κ2) is 7.73. The quantitative estimate of drug-likeness (QED) is 0.643. The van der Waals surface area contributed by atoms with Crippen LogP contribution in [0, 0.1) is 12.8 Å². The van der Waals surface area contributed by atoms with Crippen molar-refractivity contribution < 1.29 is 37.0 Å². The smallest absolute Gasteiger partial charge is 0.478 e. The highest BCUT2D eigenvalue weighted by atomic mass is 79.9. The topological polar surface area (TPSA) is 89.6 Å². The van der Waals surface area contributed by atoms with E-state index >= 15 is 0 Å². The number of hydrogen-bond donors (Lipinski definition) is 1. The van der Waals surface area contributed by atoms with Gasteiger partial charge in [-0.25, -0.2) is 14.6 Å². The number of halogens is 4. The lowest BCUT2D eigenvalue weighted by molar-refractivity contribution is -0.201. The minimum atomic E-state index is -4.98. The van der Waals surface area contributed by atoms with E-state index in [1.165, 1.54) is 0 Å². The average molecular weight is 464 g/mol. The molecule has 0 radical (unpaired) electrons. The molecule has 0 aliphatic heterocycles. The third kappa shape index (κ3) is 4.16. The summed E-state index contributed by atoms with van der Waals surface area (Å²) >= 11 is 3.23. The van der Waals surface area contributed by atoms with Crippen molar-refractivity contribution in [2.24, 2.45) is 5.92 Å². The molecule has 1 heterocycles. The number of carboxylic acids is 1. The summed E-state index contributed by atoms with van der Waals surface area (Å²) in [5.74, 6) is -2.90. The summed E-state index contributed by atoms with van der Waals surface area (Å²) < 4.78 is 47.1. The van der Waals surface area contributed by atoms with Crippen LogP contribution >= 0.6 is 15.9 Å². The molecule has 0 spiro atoms. The molecule has 3 rings (SSSR count). The van der Waals surface area contributed by atoms with Crippen LogP contribution in [0.2, 0.25) is 0 Å². The van der Waals surface area contributed by atoms with Crippen LogP contribution in [0.15, 0.2) is 15.0 Å². The van der Waals surface area contributed by atoms with Crippen molar-refractivity contribution >= 4 is 39.0 Å². The zero-order valence-corrected chi connectivity index (χ0v) is 16.4. The van der Waals surface area contributed by atoms with Crippen molar-refractivity contribution in [3.63, 3.8) is 0 Å². The Morgan fingerprint density at radius 2 is 1.96 bits per heavy atom. The van der Waals surface area contributed by atoms with Gasteiger partial charge in [0.15, 0.2) is 11.5 Å². The van der Waals surface area contributed by atoms with E-state index < -0.39 is 18.1 Å². The summed E-state index contributed by atoms with van der Waals surface area (Å²) in [6.07, 6.45) is -2.55. The monoisotopic (exact) mass is 463 g/mol. The Balaban J connectivity index is 1.68. The number of ether oxygens (including phenoxy) is 1. The number of hydrogen-bond acceptors (Lipinski definition) is 5. The number of benzene rings is 1. The molecule has 0 unspecified atom stereocenters. The van der Waals surface area contributed by atoms with Crippen LogP contribution in [0.25, 0.3) is 11.1 Å². The Hall–Kier alpha value is -2.10. The average Bonchev–Trinajstić information content (AvgIpc) is 3.03. The zero-order valence-electron chi connectivity index (χ0n) is 14.8. The van der Waals surface area contributed by atoms with Gasteiger partial charge in [0.1, 0.15) is 5.52 Å². The van der Waals surface area contributed by atoms with Crippen molar-refractivity contribution in [2.75, 3.05) is 6.61 Å². The second-order valence-corrected chi connectivity index (χ2v) is 7.73. The van der Waals surface area contributed by atoms with E-state index in [1.54, 1.807) is 13.0 Å². The number of alkyl halides is 3. The largest absolute Gasteiger partial charge is 0.490 e. The molecular formula is C18H17BrF3NO5. The summed E-state index contributed by atoms with van der Waals surface area (Å²) in [5.41, 5.74) is 1.59. The van der Waals surface area contributed by atoms with Gasteiger partial charge in [0.25, 0.3) is 0 Å².